The largest absolute Gasteiger partial charge is 0.357 e. The molecule has 4 nitrogen and oxygen atoms in total. The molecule has 0 aliphatic rings. The van der Waals surface area contributed by atoms with Crippen LogP contribution in [0.1, 0.15) is 34.6 Å². The number of benzene rings is 1. The molecule has 1 aromatic heterocycles. The summed E-state index contributed by atoms with van der Waals surface area (Å²) in [5, 5.41) is 4.21. The van der Waals surface area contributed by atoms with Gasteiger partial charge in [0.1, 0.15) is 0 Å². The Kier molecular flexibility index (Phi) is 5.33. The van der Waals surface area contributed by atoms with Crippen LogP contribution >= 0.6 is 11.3 Å². The molecule has 0 unspecified atom stereocenters. The number of nitrogens with zero attached hydrogens (tertiary/aromatic N) is 2. The Labute approximate surface area is 129 Å². The molecule has 1 amide bonds. The first kappa shape index (κ1) is 15.5. The molecule has 112 valence electrons. The Morgan fingerprint density at radius 3 is 2.43 bits per heavy atom. The maximum Gasteiger partial charge on any atom is 0.253 e. The lowest BCUT2D eigenvalue weighted by molar-refractivity contribution is 0.0773. The zero-order valence-corrected chi connectivity index (χ0v) is 13.5. The Bertz CT molecular complexity index is 588. The number of rotatable bonds is 6. The lowest BCUT2D eigenvalue weighted by Gasteiger charge is -2.18. The lowest BCUT2D eigenvalue weighted by atomic mass is 10.1. The van der Waals surface area contributed by atoms with E-state index in [0.29, 0.717) is 6.54 Å². The third-order valence-corrected chi connectivity index (χ3v) is 4.19. The van der Waals surface area contributed by atoms with E-state index >= 15 is 0 Å². The minimum atomic E-state index is 0.0926. The molecule has 1 aromatic carbocycles. The van der Waals surface area contributed by atoms with Crippen molar-refractivity contribution in [3.8, 4) is 0 Å². The summed E-state index contributed by atoms with van der Waals surface area (Å²) in [7, 11) is 0. The normalized spacial score (nSPS) is 10.4. The van der Waals surface area contributed by atoms with Crippen molar-refractivity contribution >= 4 is 22.4 Å². The van der Waals surface area contributed by atoms with E-state index in [1.54, 1.807) is 11.3 Å². The van der Waals surface area contributed by atoms with Gasteiger partial charge in [0.05, 0.1) is 0 Å². The van der Waals surface area contributed by atoms with Crippen molar-refractivity contribution in [2.24, 2.45) is 0 Å². The van der Waals surface area contributed by atoms with Gasteiger partial charge in [0, 0.05) is 36.3 Å². The quantitative estimate of drug-likeness (QED) is 0.887. The van der Waals surface area contributed by atoms with Gasteiger partial charge >= 0.3 is 0 Å². The minimum absolute atomic E-state index is 0.0926. The molecule has 2 aromatic rings. The number of hydrogen-bond donors (Lipinski definition) is 1. The van der Waals surface area contributed by atoms with E-state index in [1.807, 2.05) is 56.1 Å². The summed E-state index contributed by atoms with van der Waals surface area (Å²) in [5.74, 6) is 0.0926. The average Bonchev–Trinajstić information content (AvgIpc) is 2.92. The number of amides is 1. The summed E-state index contributed by atoms with van der Waals surface area (Å²) in [6, 6.07) is 7.77. The molecule has 0 atom stereocenters. The molecule has 1 N–H and O–H groups in total. The molecule has 5 heteroatoms. The molecule has 0 bridgehead atoms. The predicted molar refractivity (Wildman–Crippen MR) is 87.9 cm³/mol. The van der Waals surface area contributed by atoms with Gasteiger partial charge in [-0.2, -0.15) is 0 Å². The van der Waals surface area contributed by atoms with Crippen LogP contribution in [0.15, 0.2) is 30.5 Å². The highest BCUT2D eigenvalue weighted by molar-refractivity contribution is 7.15. The molecular weight excluding hydrogens is 282 g/mol. The summed E-state index contributed by atoms with van der Waals surface area (Å²) < 4.78 is 0. The van der Waals surface area contributed by atoms with Crippen LogP contribution in [0.3, 0.4) is 0 Å². The third-order valence-electron chi connectivity index (χ3n) is 3.32. The second-order valence-corrected chi connectivity index (χ2v) is 6.04. The van der Waals surface area contributed by atoms with E-state index in [2.05, 4.69) is 10.3 Å². The Hall–Kier alpha value is -1.88. The molecule has 0 aliphatic heterocycles. The van der Waals surface area contributed by atoms with Gasteiger partial charge in [0.15, 0.2) is 5.13 Å². The van der Waals surface area contributed by atoms with Crippen LogP contribution in [0.5, 0.6) is 0 Å². The predicted octanol–water partition coefficient (Wildman–Crippen LogP) is 3.55. The van der Waals surface area contributed by atoms with Gasteiger partial charge in [-0.15, -0.1) is 11.3 Å². The molecule has 0 radical (unpaired) electrons. The first-order valence-corrected chi connectivity index (χ1v) is 8.00. The minimum Gasteiger partial charge on any atom is -0.357 e. The van der Waals surface area contributed by atoms with Crippen molar-refractivity contribution in [1.82, 2.24) is 9.88 Å². The number of hydrogen-bond acceptors (Lipinski definition) is 4. The molecule has 21 heavy (non-hydrogen) atoms. The third kappa shape index (κ3) is 4.04. The highest BCUT2D eigenvalue weighted by atomic mass is 32.1. The zero-order chi connectivity index (χ0) is 15.2. The van der Waals surface area contributed by atoms with Gasteiger partial charge in [-0.3, -0.25) is 4.79 Å². The van der Waals surface area contributed by atoms with Crippen LogP contribution < -0.4 is 5.32 Å². The first-order chi connectivity index (χ1) is 10.1. The van der Waals surface area contributed by atoms with E-state index in [-0.39, 0.29) is 5.91 Å². The smallest absolute Gasteiger partial charge is 0.253 e. The SMILES string of the molecule is CCN(CC)C(=O)c1ccc(CNc2ncc(C)s2)cc1. The van der Waals surface area contributed by atoms with Crippen molar-refractivity contribution in [2.45, 2.75) is 27.3 Å². The molecule has 2 rings (SSSR count). The maximum absolute atomic E-state index is 12.2. The molecule has 0 fully saturated rings. The Balaban J connectivity index is 1.97. The summed E-state index contributed by atoms with van der Waals surface area (Å²) in [4.78, 5) is 19.5. The van der Waals surface area contributed by atoms with Gasteiger partial charge in [0.25, 0.3) is 5.91 Å². The molecule has 1 heterocycles. The number of aryl methyl sites for hydroxylation is 1. The summed E-state index contributed by atoms with van der Waals surface area (Å²) in [6.45, 7) is 8.22. The summed E-state index contributed by atoms with van der Waals surface area (Å²) in [5.41, 5.74) is 1.88. The Morgan fingerprint density at radius 2 is 1.90 bits per heavy atom. The molecule has 0 saturated heterocycles. The van der Waals surface area contributed by atoms with E-state index in [0.717, 1.165) is 29.3 Å². The fourth-order valence-electron chi connectivity index (χ4n) is 2.07. The van der Waals surface area contributed by atoms with Gasteiger partial charge in [-0.25, -0.2) is 4.98 Å². The van der Waals surface area contributed by atoms with Crippen molar-refractivity contribution in [1.29, 1.82) is 0 Å². The lowest BCUT2D eigenvalue weighted by Crippen LogP contribution is -2.30. The van der Waals surface area contributed by atoms with Crippen LogP contribution in [-0.4, -0.2) is 28.9 Å². The first-order valence-electron chi connectivity index (χ1n) is 7.18. The number of aromatic nitrogens is 1. The highest BCUT2D eigenvalue weighted by Gasteiger charge is 2.11. The van der Waals surface area contributed by atoms with Gasteiger partial charge in [-0.05, 0) is 38.5 Å². The number of anilines is 1. The zero-order valence-electron chi connectivity index (χ0n) is 12.7. The van der Waals surface area contributed by atoms with Crippen LogP contribution in [0.25, 0.3) is 0 Å². The van der Waals surface area contributed by atoms with Crippen molar-refractivity contribution in [3.05, 3.63) is 46.5 Å². The second kappa shape index (κ2) is 7.22. The van der Waals surface area contributed by atoms with Crippen molar-refractivity contribution < 1.29 is 4.79 Å². The van der Waals surface area contributed by atoms with Crippen LogP contribution in [0.4, 0.5) is 5.13 Å². The van der Waals surface area contributed by atoms with Gasteiger partial charge in [0.2, 0.25) is 0 Å². The second-order valence-electron chi connectivity index (χ2n) is 4.80. The molecule has 0 spiro atoms. The van der Waals surface area contributed by atoms with Crippen molar-refractivity contribution in [2.75, 3.05) is 18.4 Å². The number of nitrogens with one attached hydrogen (secondary N) is 1. The monoisotopic (exact) mass is 303 g/mol. The maximum atomic E-state index is 12.2. The number of carbonyl (C=O) groups excluding carboxylic acids is 1. The van der Waals surface area contributed by atoms with E-state index in [4.69, 9.17) is 0 Å². The van der Waals surface area contributed by atoms with Gasteiger partial charge in [-0.1, -0.05) is 12.1 Å². The number of carbonyl (C=O) groups is 1. The standard InChI is InChI=1S/C16H21N3OS/c1-4-19(5-2)15(20)14-8-6-13(7-9-14)11-18-16-17-10-12(3)21-16/h6-10H,4-5,11H2,1-3H3,(H,17,18). The molecule has 0 aliphatic carbocycles. The molecule has 0 saturated carbocycles. The number of thiazole rings is 1. The highest BCUT2D eigenvalue weighted by Crippen LogP contribution is 2.17. The van der Waals surface area contributed by atoms with Crippen LogP contribution in [0, 0.1) is 6.92 Å². The van der Waals surface area contributed by atoms with Crippen LogP contribution in [0.2, 0.25) is 0 Å². The van der Waals surface area contributed by atoms with E-state index < -0.39 is 0 Å². The average molecular weight is 303 g/mol. The fourth-order valence-corrected chi connectivity index (χ4v) is 2.73. The van der Waals surface area contributed by atoms with Gasteiger partial charge < -0.3 is 10.2 Å². The summed E-state index contributed by atoms with van der Waals surface area (Å²) in [6.07, 6.45) is 1.86. The van der Waals surface area contributed by atoms with E-state index in [9.17, 15) is 4.79 Å². The van der Waals surface area contributed by atoms with E-state index in [1.165, 1.54) is 4.88 Å². The summed E-state index contributed by atoms with van der Waals surface area (Å²) >= 11 is 1.64. The van der Waals surface area contributed by atoms with Crippen LogP contribution in [-0.2, 0) is 6.54 Å². The fraction of sp³-hybridized carbons (Fsp3) is 0.375. The molecular formula is C16H21N3OS. The topological polar surface area (TPSA) is 45.2 Å². The van der Waals surface area contributed by atoms with Crippen molar-refractivity contribution in [3.63, 3.8) is 0 Å². The Morgan fingerprint density at radius 1 is 1.24 bits per heavy atom.